The van der Waals surface area contributed by atoms with Gasteiger partial charge in [-0.2, -0.15) is 5.26 Å². The molecule has 3 aromatic rings. The monoisotopic (exact) mass is 588 g/mol. The van der Waals surface area contributed by atoms with Crippen LogP contribution in [0.5, 0.6) is 11.5 Å². The van der Waals surface area contributed by atoms with E-state index in [1.165, 1.54) is 6.08 Å². The van der Waals surface area contributed by atoms with Crippen molar-refractivity contribution in [2.75, 3.05) is 11.9 Å². The minimum atomic E-state index is -0.507. The summed E-state index contributed by atoms with van der Waals surface area (Å²) in [6.07, 6.45) is 1.51. The molecular weight excluding hydrogens is 572 g/mol. The van der Waals surface area contributed by atoms with E-state index in [0.29, 0.717) is 49.9 Å². The highest BCUT2D eigenvalue weighted by Crippen LogP contribution is 2.36. The summed E-state index contributed by atoms with van der Waals surface area (Å²) in [7, 11) is 0. The van der Waals surface area contributed by atoms with E-state index in [9.17, 15) is 10.1 Å². The van der Waals surface area contributed by atoms with Gasteiger partial charge in [-0.15, -0.1) is 0 Å². The first-order chi connectivity index (χ1) is 15.9. The van der Waals surface area contributed by atoms with Gasteiger partial charge in [-0.05, 0) is 92.9 Å². The van der Waals surface area contributed by atoms with Crippen molar-refractivity contribution in [2.24, 2.45) is 0 Å². The molecule has 0 saturated carbocycles. The van der Waals surface area contributed by atoms with Gasteiger partial charge in [-0.1, -0.05) is 29.8 Å². The number of nitriles is 1. The van der Waals surface area contributed by atoms with Crippen LogP contribution in [0.2, 0.25) is 5.02 Å². The number of carbonyl (C=O) groups is 1. The van der Waals surface area contributed by atoms with Gasteiger partial charge in [0.05, 0.1) is 15.6 Å². The first kappa shape index (κ1) is 24.8. The maximum atomic E-state index is 12.6. The Labute approximate surface area is 214 Å². The molecule has 0 fully saturated rings. The lowest BCUT2D eigenvalue weighted by Gasteiger charge is -2.12. The third-order valence-electron chi connectivity index (χ3n) is 4.45. The fraction of sp³-hybridized carbons (Fsp3) is 0.120. The highest BCUT2D eigenvalue weighted by atomic mass is 79.9. The van der Waals surface area contributed by atoms with Gasteiger partial charge < -0.3 is 14.8 Å². The Morgan fingerprint density at radius 1 is 1.09 bits per heavy atom. The first-order valence-corrected chi connectivity index (χ1v) is 11.9. The van der Waals surface area contributed by atoms with Crippen LogP contribution in [0.3, 0.4) is 0 Å². The average molecular weight is 591 g/mol. The Balaban J connectivity index is 1.74. The van der Waals surface area contributed by atoms with Gasteiger partial charge in [0.1, 0.15) is 29.7 Å². The summed E-state index contributed by atoms with van der Waals surface area (Å²) in [5.74, 6) is 0.787. The highest BCUT2D eigenvalue weighted by Gasteiger charge is 2.13. The molecule has 0 aromatic heterocycles. The summed E-state index contributed by atoms with van der Waals surface area (Å²) >= 11 is 13.2. The van der Waals surface area contributed by atoms with Gasteiger partial charge in [0, 0.05) is 16.3 Å². The van der Waals surface area contributed by atoms with E-state index < -0.39 is 5.91 Å². The number of benzene rings is 3. The highest BCUT2D eigenvalue weighted by molar-refractivity contribution is 9.11. The van der Waals surface area contributed by atoms with Gasteiger partial charge >= 0.3 is 0 Å². The Morgan fingerprint density at radius 2 is 1.76 bits per heavy atom. The molecule has 8 heteroatoms. The molecule has 1 amide bonds. The minimum Gasteiger partial charge on any atom is -0.494 e. The SMILES string of the molecule is CCOc1ccc(NC(=O)/C(C#N)=C\c2cc(Br)c(OCc3ccccc3Cl)c(Br)c2)cc1. The first-order valence-electron chi connectivity index (χ1n) is 9.92. The van der Waals surface area contributed by atoms with Crippen molar-refractivity contribution in [3.63, 3.8) is 0 Å². The van der Waals surface area contributed by atoms with Crippen molar-refractivity contribution < 1.29 is 14.3 Å². The maximum absolute atomic E-state index is 12.6. The zero-order chi connectivity index (χ0) is 23.8. The van der Waals surface area contributed by atoms with E-state index in [2.05, 4.69) is 37.2 Å². The second kappa shape index (κ2) is 11.9. The Morgan fingerprint density at radius 3 is 2.36 bits per heavy atom. The lowest BCUT2D eigenvalue weighted by atomic mass is 10.1. The van der Waals surface area contributed by atoms with Gasteiger partial charge in [0.15, 0.2) is 0 Å². The van der Waals surface area contributed by atoms with Crippen LogP contribution >= 0.6 is 43.5 Å². The molecule has 3 rings (SSSR count). The third-order valence-corrected chi connectivity index (χ3v) is 6.00. The van der Waals surface area contributed by atoms with Crippen LogP contribution in [-0.2, 0) is 11.4 Å². The molecule has 0 heterocycles. The predicted molar refractivity (Wildman–Crippen MR) is 137 cm³/mol. The topological polar surface area (TPSA) is 71.3 Å². The molecule has 33 heavy (non-hydrogen) atoms. The fourth-order valence-electron chi connectivity index (χ4n) is 2.88. The third kappa shape index (κ3) is 6.84. The number of nitrogens with one attached hydrogen (secondary N) is 1. The summed E-state index contributed by atoms with van der Waals surface area (Å²) in [5, 5.41) is 12.9. The molecule has 0 saturated heterocycles. The lowest BCUT2D eigenvalue weighted by molar-refractivity contribution is -0.112. The molecule has 1 N–H and O–H groups in total. The summed E-state index contributed by atoms with van der Waals surface area (Å²) in [6.45, 7) is 2.75. The summed E-state index contributed by atoms with van der Waals surface area (Å²) in [6, 6.07) is 19.9. The van der Waals surface area contributed by atoms with Crippen molar-refractivity contribution in [2.45, 2.75) is 13.5 Å². The van der Waals surface area contributed by atoms with Crippen LogP contribution in [0, 0.1) is 11.3 Å². The van der Waals surface area contributed by atoms with E-state index in [1.807, 2.05) is 31.2 Å². The average Bonchev–Trinajstić information content (AvgIpc) is 2.79. The molecule has 3 aromatic carbocycles. The summed E-state index contributed by atoms with van der Waals surface area (Å²) in [5.41, 5.74) is 2.04. The number of ether oxygens (including phenoxy) is 2. The van der Waals surface area contributed by atoms with Crippen molar-refractivity contribution in [3.05, 3.63) is 91.3 Å². The Kier molecular flexibility index (Phi) is 8.95. The number of hydrogen-bond acceptors (Lipinski definition) is 4. The quantitative estimate of drug-likeness (QED) is 0.219. The number of halogens is 3. The molecule has 0 radical (unpaired) electrons. The summed E-state index contributed by atoms with van der Waals surface area (Å²) < 4.78 is 12.6. The van der Waals surface area contributed by atoms with Gasteiger partial charge in [-0.25, -0.2) is 0 Å². The largest absolute Gasteiger partial charge is 0.494 e. The van der Waals surface area contributed by atoms with E-state index in [0.717, 1.165) is 5.56 Å². The molecule has 0 aliphatic carbocycles. The molecular formula is C25H19Br2ClN2O3. The zero-order valence-corrected chi connectivity index (χ0v) is 21.5. The standard InChI is InChI=1S/C25H19Br2ClN2O3/c1-2-32-20-9-7-19(8-10-20)30-25(31)18(14-29)11-16-12-21(26)24(22(27)13-16)33-15-17-5-3-4-6-23(17)28/h3-13H,2,15H2,1H3,(H,30,31)/b18-11-. The Hall–Kier alpha value is -2.79. The van der Waals surface area contributed by atoms with E-state index in [1.54, 1.807) is 42.5 Å². The number of hydrogen-bond donors (Lipinski definition) is 1. The van der Waals surface area contributed by atoms with Crippen LogP contribution in [0.1, 0.15) is 18.1 Å². The van der Waals surface area contributed by atoms with Crippen molar-refractivity contribution in [3.8, 4) is 17.6 Å². The molecule has 0 atom stereocenters. The molecule has 0 unspecified atom stereocenters. The fourth-order valence-corrected chi connectivity index (χ4v) is 4.52. The van der Waals surface area contributed by atoms with Crippen LogP contribution in [0.4, 0.5) is 5.69 Å². The molecule has 0 bridgehead atoms. The van der Waals surface area contributed by atoms with E-state index in [-0.39, 0.29) is 5.57 Å². The second-order valence-corrected chi connectivity index (χ2v) is 8.89. The number of carbonyl (C=O) groups excluding carboxylic acids is 1. The number of amides is 1. The van der Waals surface area contributed by atoms with Crippen LogP contribution in [0.25, 0.3) is 6.08 Å². The van der Waals surface area contributed by atoms with Crippen LogP contribution in [-0.4, -0.2) is 12.5 Å². The van der Waals surface area contributed by atoms with Crippen molar-refractivity contribution in [1.82, 2.24) is 0 Å². The van der Waals surface area contributed by atoms with E-state index in [4.69, 9.17) is 21.1 Å². The van der Waals surface area contributed by atoms with Gasteiger partial charge in [0.25, 0.3) is 5.91 Å². The van der Waals surface area contributed by atoms with Gasteiger partial charge in [-0.3, -0.25) is 4.79 Å². The van der Waals surface area contributed by atoms with Crippen LogP contribution < -0.4 is 14.8 Å². The number of anilines is 1. The molecule has 168 valence electrons. The second-order valence-electron chi connectivity index (χ2n) is 6.78. The molecule has 0 spiro atoms. The zero-order valence-electron chi connectivity index (χ0n) is 17.6. The molecule has 0 aliphatic heterocycles. The van der Waals surface area contributed by atoms with Crippen molar-refractivity contribution in [1.29, 1.82) is 5.26 Å². The van der Waals surface area contributed by atoms with Crippen LogP contribution in [0.15, 0.2) is 75.2 Å². The van der Waals surface area contributed by atoms with E-state index >= 15 is 0 Å². The van der Waals surface area contributed by atoms with Crippen molar-refractivity contribution >= 4 is 61.1 Å². The maximum Gasteiger partial charge on any atom is 0.266 e. The molecule has 0 aliphatic rings. The lowest BCUT2D eigenvalue weighted by Crippen LogP contribution is -2.13. The Bertz CT molecular complexity index is 1200. The summed E-state index contributed by atoms with van der Waals surface area (Å²) in [4.78, 5) is 12.6. The number of nitrogens with zero attached hydrogens (tertiary/aromatic N) is 1. The molecule has 5 nitrogen and oxygen atoms in total. The smallest absolute Gasteiger partial charge is 0.266 e. The normalized spacial score (nSPS) is 10.9. The predicted octanol–water partition coefficient (Wildman–Crippen LogP) is 7.39. The minimum absolute atomic E-state index is 0.0348. The van der Waals surface area contributed by atoms with Gasteiger partial charge in [0.2, 0.25) is 0 Å². The number of rotatable bonds is 8.